The Labute approximate surface area is 116 Å². The van der Waals surface area contributed by atoms with Crippen LogP contribution in [0, 0.1) is 5.41 Å². The molecule has 0 heterocycles. The summed E-state index contributed by atoms with van der Waals surface area (Å²) in [6.07, 6.45) is 0. The Morgan fingerprint density at radius 1 is 1.39 bits per heavy atom. The van der Waals surface area contributed by atoms with E-state index in [0.29, 0.717) is 0 Å². The Morgan fingerprint density at radius 2 is 2.00 bits per heavy atom. The summed E-state index contributed by atoms with van der Waals surface area (Å²) >= 11 is 3.40. The van der Waals surface area contributed by atoms with Crippen molar-refractivity contribution in [3.05, 3.63) is 28.2 Å². The van der Waals surface area contributed by atoms with Crippen LogP contribution in [-0.2, 0) is 9.53 Å². The number of halogens is 1. The summed E-state index contributed by atoms with van der Waals surface area (Å²) in [5.41, 5.74) is 6.20. The second kappa shape index (κ2) is 5.71. The molecule has 1 rings (SSSR count). The predicted molar refractivity (Wildman–Crippen MR) is 73.4 cm³/mol. The smallest absolute Gasteiger partial charge is 0.313 e. The first-order valence-electron chi connectivity index (χ1n) is 5.52. The third-order valence-electron chi connectivity index (χ3n) is 3.02. The van der Waals surface area contributed by atoms with E-state index in [1.807, 2.05) is 18.2 Å². The van der Waals surface area contributed by atoms with E-state index in [9.17, 15) is 4.79 Å². The van der Waals surface area contributed by atoms with E-state index in [2.05, 4.69) is 15.9 Å². The van der Waals surface area contributed by atoms with Crippen LogP contribution in [0.15, 0.2) is 22.7 Å². The van der Waals surface area contributed by atoms with Crippen molar-refractivity contribution in [3.63, 3.8) is 0 Å². The highest BCUT2D eigenvalue weighted by Gasteiger charge is 2.36. The average Bonchev–Trinajstić information content (AvgIpc) is 2.36. The first-order valence-corrected chi connectivity index (χ1v) is 6.31. The normalized spacial score (nSPS) is 13.0. The molecule has 0 saturated heterocycles. The van der Waals surface area contributed by atoms with Gasteiger partial charge in [0, 0.05) is 6.04 Å². The van der Waals surface area contributed by atoms with Gasteiger partial charge in [-0.1, -0.05) is 6.07 Å². The molecule has 0 aliphatic rings. The molecule has 1 atom stereocenters. The highest BCUT2D eigenvalue weighted by atomic mass is 79.9. The number of carbonyl (C=O) groups excluding carboxylic acids is 1. The maximum Gasteiger partial charge on any atom is 0.313 e. The topological polar surface area (TPSA) is 61.5 Å². The third-order valence-corrected chi connectivity index (χ3v) is 3.64. The Bertz CT molecular complexity index is 446. The van der Waals surface area contributed by atoms with Crippen molar-refractivity contribution >= 4 is 21.9 Å². The van der Waals surface area contributed by atoms with Gasteiger partial charge in [-0.2, -0.15) is 0 Å². The highest BCUT2D eigenvalue weighted by molar-refractivity contribution is 9.10. The minimum absolute atomic E-state index is 0.332. The molecule has 2 N–H and O–H groups in total. The first kappa shape index (κ1) is 15.0. The van der Waals surface area contributed by atoms with E-state index in [4.69, 9.17) is 15.2 Å². The van der Waals surface area contributed by atoms with Gasteiger partial charge < -0.3 is 15.2 Å². The molecule has 1 unspecified atom stereocenters. The fraction of sp³-hybridized carbons (Fsp3) is 0.462. The number of rotatable bonds is 4. The van der Waals surface area contributed by atoms with Crippen LogP contribution < -0.4 is 10.5 Å². The van der Waals surface area contributed by atoms with Crippen LogP contribution in [0.3, 0.4) is 0 Å². The molecule has 0 fully saturated rings. The standard InChI is InChI=1S/C13H18BrNO3/c1-13(2,12(16)18-4)11(15)8-5-6-10(17-3)9(14)7-8/h5-7,11H,15H2,1-4H3. The molecular formula is C13H18BrNO3. The second-order valence-electron chi connectivity index (χ2n) is 4.58. The fourth-order valence-corrected chi connectivity index (χ4v) is 2.24. The lowest BCUT2D eigenvalue weighted by atomic mass is 9.81. The maximum absolute atomic E-state index is 11.7. The number of benzene rings is 1. The van der Waals surface area contributed by atoms with E-state index in [1.165, 1.54) is 7.11 Å². The lowest BCUT2D eigenvalue weighted by Gasteiger charge is -2.29. The SMILES string of the molecule is COC(=O)C(C)(C)C(N)c1ccc(OC)c(Br)c1. The minimum Gasteiger partial charge on any atom is -0.496 e. The molecule has 4 nitrogen and oxygen atoms in total. The van der Waals surface area contributed by atoms with Crippen molar-refractivity contribution in [1.29, 1.82) is 0 Å². The van der Waals surface area contributed by atoms with Gasteiger partial charge in [0.1, 0.15) is 5.75 Å². The molecule has 0 aromatic heterocycles. The van der Waals surface area contributed by atoms with Gasteiger partial charge in [-0.3, -0.25) is 4.79 Å². The zero-order valence-corrected chi connectivity index (χ0v) is 12.6. The molecule has 1 aromatic carbocycles. The van der Waals surface area contributed by atoms with E-state index in [1.54, 1.807) is 21.0 Å². The minimum atomic E-state index is -0.789. The number of nitrogens with two attached hydrogens (primary N) is 1. The summed E-state index contributed by atoms with van der Waals surface area (Å²) in [5.74, 6) is 0.392. The van der Waals surface area contributed by atoms with Crippen molar-refractivity contribution in [3.8, 4) is 5.75 Å². The van der Waals surface area contributed by atoms with Crippen molar-refractivity contribution in [2.75, 3.05) is 14.2 Å². The van der Waals surface area contributed by atoms with Gasteiger partial charge in [-0.05, 0) is 47.5 Å². The lowest BCUT2D eigenvalue weighted by Crippen LogP contribution is -2.37. The maximum atomic E-state index is 11.7. The van der Waals surface area contributed by atoms with Crippen LogP contribution in [0.5, 0.6) is 5.75 Å². The molecule has 1 aromatic rings. The first-order chi connectivity index (χ1) is 8.34. The summed E-state index contributed by atoms with van der Waals surface area (Å²) in [6, 6.07) is 5.06. The van der Waals surface area contributed by atoms with Gasteiger partial charge in [0.25, 0.3) is 0 Å². The molecule has 5 heteroatoms. The molecule has 18 heavy (non-hydrogen) atoms. The van der Waals surface area contributed by atoms with E-state index in [0.717, 1.165) is 15.8 Å². The highest BCUT2D eigenvalue weighted by Crippen LogP contribution is 2.35. The van der Waals surface area contributed by atoms with Crippen molar-refractivity contribution in [2.24, 2.45) is 11.1 Å². The van der Waals surface area contributed by atoms with Gasteiger partial charge in [0.2, 0.25) is 0 Å². The summed E-state index contributed by atoms with van der Waals surface area (Å²) < 4.78 is 10.7. The third kappa shape index (κ3) is 2.84. The molecule has 100 valence electrons. The summed E-state index contributed by atoms with van der Waals surface area (Å²) in [4.78, 5) is 11.7. The number of esters is 1. The largest absolute Gasteiger partial charge is 0.496 e. The predicted octanol–water partition coefficient (Wildman–Crippen LogP) is 2.66. The van der Waals surface area contributed by atoms with Crippen molar-refractivity contribution in [2.45, 2.75) is 19.9 Å². The average molecular weight is 316 g/mol. The van der Waals surface area contributed by atoms with E-state index < -0.39 is 11.5 Å². The molecule has 0 radical (unpaired) electrons. The number of hydrogen-bond acceptors (Lipinski definition) is 4. The van der Waals surface area contributed by atoms with Crippen LogP contribution in [0.4, 0.5) is 0 Å². The Balaban J connectivity index is 3.07. The number of methoxy groups -OCH3 is 2. The lowest BCUT2D eigenvalue weighted by molar-refractivity contribution is -0.152. The van der Waals surface area contributed by atoms with Crippen LogP contribution >= 0.6 is 15.9 Å². The Morgan fingerprint density at radius 3 is 2.44 bits per heavy atom. The van der Waals surface area contributed by atoms with Crippen LogP contribution in [0.2, 0.25) is 0 Å². The molecule has 0 saturated carbocycles. The van der Waals surface area contributed by atoms with Gasteiger partial charge >= 0.3 is 5.97 Å². The molecule has 0 aliphatic carbocycles. The molecule has 0 aliphatic heterocycles. The quantitative estimate of drug-likeness (QED) is 0.868. The number of ether oxygens (including phenoxy) is 2. The van der Waals surface area contributed by atoms with Crippen LogP contribution in [-0.4, -0.2) is 20.2 Å². The van der Waals surface area contributed by atoms with Gasteiger partial charge in [0.15, 0.2) is 0 Å². The van der Waals surface area contributed by atoms with E-state index in [-0.39, 0.29) is 5.97 Å². The summed E-state index contributed by atoms with van der Waals surface area (Å²) in [5, 5.41) is 0. The van der Waals surface area contributed by atoms with Crippen LogP contribution in [0.25, 0.3) is 0 Å². The summed E-state index contributed by atoms with van der Waals surface area (Å²) in [7, 11) is 2.96. The Kier molecular flexibility index (Phi) is 4.76. The fourth-order valence-electron chi connectivity index (χ4n) is 1.68. The molecule has 0 spiro atoms. The second-order valence-corrected chi connectivity index (χ2v) is 5.44. The molecular weight excluding hydrogens is 298 g/mol. The zero-order chi connectivity index (χ0) is 13.9. The Hall–Kier alpha value is -1.07. The van der Waals surface area contributed by atoms with Gasteiger partial charge in [0.05, 0.1) is 24.1 Å². The van der Waals surface area contributed by atoms with Gasteiger partial charge in [-0.25, -0.2) is 0 Å². The monoisotopic (exact) mass is 315 g/mol. The number of carbonyl (C=O) groups is 1. The number of hydrogen-bond donors (Lipinski definition) is 1. The van der Waals surface area contributed by atoms with Gasteiger partial charge in [-0.15, -0.1) is 0 Å². The molecule has 0 amide bonds. The van der Waals surface area contributed by atoms with Crippen molar-refractivity contribution < 1.29 is 14.3 Å². The molecule has 0 bridgehead atoms. The van der Waals surface area contributed by atoms with E-state index >= 15 is 0 Å². The van der Waals surface area contributed by atoms with Crippen LogP contribution in [0.1, 0.15) is 25.5 Å². The summed E-state index contributed by atoms with van der Waals surface area (Å²) in [6.45, 7) is 3.53. The zero-order valence-electron chi connectivity index (χ0n) is 11.0. The van der Waals surface area contributed by atoms with Crippen molar-refractivity contribution in [1.82, 2.24) is 0 Å².